The van der Waals surface area contributed by atoms with E-state index in [2.05, 4.69) is 15.3 Å². The lowest BCUT2D eigenvalue weighted by Crippen LogP contribution is -2.16. The van der Waals surface area contributed by atoms with Gasteiger partial charge in [0.2, 0.25) is 0 Å². The third kappa shape index (κ3) is 3.52. The minimum Gasteiger partial charge on any atom is -0.478 e. The third-order valence-corrected chi connectivity index (χ3v) is 3.68. The molecule has 1 amide bonds. The lowest BCUT2D eigenvalue weighted by molar-refractivity contribution is -0.112. The van der Waals surface area contributed by atoms with Gasteiger partial charge in [-0.1, -0.05) is 0 Å². The van der Waals surface area contributed by atoms with Crippen molar-refractivity contribution in [3.05, 3.63) is 53.6 Å². The fourth-order valence-electron chi connectivity index (χ4n) is 1.77. The van der Waals surface area contributed by atoms with Crippen molar-refractivity contribution >= 4 is 28.2 Å². The highest BCUT2D eigenvalue weighted by molar-refractivity contribution is 7.15. The number of aromatic carboxylic acids is 1. The second-order valence-electron chi connectivity index (χ2n) is 4.18. The third-order valence-electron chi connectivity index (χ3n) is 2.79. The average molecular weight is 331 g/mol. The Balaban J connectivity index is 2.40. The normalized spacial score (nSPS) is 11.6. The largest absolute Gasteiger partial charge is 0.478 e. The highest BCUT2D eigenvalue weighted by Crippen LogP contribution is 2.34. The quantitative estimate of drug-likeness (QED) is 0.475. The molecule has 2 aromatic rings. The van der Waals surface area contributed by atoms with Crippen molar-refractivity contribution < 1.29 is 14.7 Å². The summed E-state index contributed by atoms with van der Waals surface area (Å²) in [6.07, 6.45) is 7.94. The van der Waals surface area contributed by atoms with Gasteiger partial charge in [0.15, 0.2) is 0 Å². The van der Waals surface area contributed by atoms with Crippen LogP contribution in [0.4, 0.5) is 5.00 Å². The van der Waals surface area contributed by atoms with Gasteiger partial charge in [0.1, 0.15) is 10.6 Å². The summed E-state index contributed by atoms with van der Waals surface area (Å²) in [4.78, 5) is 31.6. The first-order chi connectivity index (χ1) is 11.1. The van der Waals surface area contributed by atoms with Crippen LogP contribution in [-0.2, 0) is 4.79 Å². The van der Waals surface area contributed by atoms with Gasteiger partial charge in [-0.25, -0.2) is 4.79 Å². The highest BCUT2D eigenvalue weighted by Gasteiger charge is 2.22. The number of carbonyl (C=O) groups excluding carboxylic acids is 1. The molecular weight excluding hydrogens is 318 g/mol. The molecule has 2 aromatic heterocycles. The first-order valence-corrected chi connectivity index (χ1v) is 7.19. The van der Waals surface area contributed by atoms with Gasteiger partial charge >= 0.3 is 5.97 Å². The number of nitrogens with zero attached hydrogens (tertiary/aromatic N) is 2. The van der Waals surface area contributed by atoms with Crippen LogP contribution in [0.25, 0.3) is 11.3 Å². The van der Waals surface area contributed by atoms with Gasteiger partial charge in [0.05, 0.1) is 17.5 Å². The van der Waals surface area contributed by atoms with E-state index in [4.69, 9.17) is 11.5 Å². The van der Waals surface area contributed by atoms with Gasteiger partial charge in [0, 0.05) is 29.5 Å². The number of carbonyl (C=O) groups is 2. The molecule has 0 aliphatic carbocycles. The maximum Gasteiger partial charge on any atom is 0.339 e. The molecular formula is C14H13N5O3S. The molecule has 0 spiro atoms. The van der Waals surface area contributed by atoms with Crippen molar-refractivity contribution in [3.8, 4) is 11.3 Å². The molecule has 8 nitrogen and oxygen atoms in total. The number of hydrogen-bond donors (Lipinski definition) is 4. The molecule has 0 aromatic carbocycles. The van der Waals surface area contributed by atoms with Crippen molar-refractivity contribution in [2.75, 3.05) is 5.32 Å². The maximum absolute atomic E-state index is 12.1. The summed E-state index contributed by atoms with van der Waals surface area (Å²) in [7, 11) is 0. The minimum atomic E-state index is -1.19. The van der Waals surface area contributed by atoms with Crippen molar-refractivity contribution in [2.24, 2.45) is 11.5 Å². The summed E-state index contributed by atoms with van der Waals surface area (Å²) in [5.41, 5.74) is 11.4. The Labute approximate surface area is 135 Å². The van der Waals surface area contributed by atoms with E-state index >= 15 is 0 Å². The van der Waals surface area contributed by atoms with E-state index in [1.165, 1.54) is 24.7 Å². The SMILES string of the molecule is N/C=C\C(=C/N)C(=O)Nc1scc(-c2cnccn2)c1C(=O)O. The molecule has 0 saturated carbocycles. The van der Waals surface area contributed by atoms with Crippen LogP contribution in [0.2, 0.25) is 0 Å². The number of aromatic nitrogens is 2. The molecule has 9 heteroatoms. The molecule has 0 atom stereocenters. The first kappa shape index (κ1) is 16.2. The van der Waals surface area contributed by atoms with Crippen LogP contribution >= 0.6 is 11.3 Å². The second-order valence-corrected chi connectivity index (χ2v) is 5.06. The van der Waals surface area contributed by atoms with E-state index in [1.807, 2.05) is 0 Å². The molecule has 0 bridgehead atoms. The van der Waals surface area contributed by atoms with Crippen LogP contribution in [0.5, 0.6) is 0 Å². The molecule has 2 heterocycles. The number of carboxylic acids is 1. The summed E-state index contributed by atoms with van der Waals surface area (Å²) in [5.74, 6) is -1.75. The summed E-state index contributed by atoms with van der Waals surface area (Å²) < 4.78 is 0. The van der Waals surface area contributed by atoms with Gasteiger partial charge in [0.25, 0.3) is 5.91 Å². The van der Waals surface area contributed by atoms with Crippen LogP contribution in [0.1, 0.15) is 10.4 Å². The van der Waals surface area contributed by atoms with Gasteiger partial charge < -0.3 is 21.9 Å². The van der Waals surface area contributed by atoms with E-state index < -0.39 is 11.9 Å². The van der Waals surface area contributed by atoms with Gasteiger partial charge in [-0.15, -0.1) is 11.3 Å². The number of thiophene rings is 1. The van der Waals surface area contributed by atoms with Crippen LogP contribution in [0.15, 0.2) is 48.0 Å². The van der Waals surface area contributed by atoms with Crippen molar-refractivity contribution in [2.45, 2.75) is 0 Å². The van der Waals surface area contributed by atoms with Crippen molar-refractivity contribution in [1.29, 1.82) is 0 Å². The molecule has 2 rings (SSSR count). The topological polar surface area (TPSA) is 144 Å². The molecule has 0 aliphatic rings. The number of rotatable bonds is 5. The lowest BCUT2D eigenvalue weighted by atomic mass is 10.1. The average Bonchev–Trinajstić information content (AvgIpc) is 2.97. The van der Waals surface area contributed by atoms with Gasteiger partial charge in [-0.2, -0.15) is 0 Å². The molecule has 23 heavy (non-hydrogen) atoms. The number of anilines is 1. The van der Waals surface area contributed by atoms with Crippen LogP contribution in [0.3, 0.4) is 0 Å². The van der Waals surface area contributed by atoms with Gasteiger partial charge in [-0.3, -0.25) is 14.8 Å². The van der Waals surface area contributed by atoms with E-state index in [9.17, 15) is 14.7 Å². The van der Waals surface area contributed by atoms with Crippen LogP contribution < -0.4 is 16.8 Å². The molecule has 118 valence electrons. The standard InChI is InChI=1S/C14H13N5O3S/c15-2-1-8(5-16)12(20)19-13-11(14(21)22)9(7-23-13)10-6-17-3-4-18-10/h1-7H,15-16H2,(H,19,20)(H,21,22)/b2-1-,8-5+. The first-order valence-electron chi connectivity index (χ1n) is 6.31. The van der Waals surface area contributed by atoms with Crippen molar-refractivity contribution in [1.82, 2.24) is 9.97 Å². The predicted octanol–water partition coefficient (Wildman–Crippen LogP) is 1.16. The van der Waals surface area contributed by atoms with Gasteiger partial charge in [-0.05, 0) is 12.3 Å². The number of nitrogens with one attached hydrogen (secondary N) is 1. The Kier molecular flexibility index (Phi) is 5.05. The van der Waals surface area contributed by atoms with Crippen LogP contribution in [-0.4, -0.2) is 27.0 Å². The smallest absolute Gasteiger partial charge is 0.339 e. The molecule has 6 N–H and O–H groups in total. The number of nitrogens with two attached hydrogens (primary N) is 2. The Morgan fingerprint density at radius 2 is 2.09 bits per heavy atom. The maximum atomic E-state index is 12.1. The zero-order valence-electron chi connectivity index (χ0n) is 11.8. The molecule has 0 radical (unpaired) electrons. The lowest BCUT2D eigenvalue weighted by Gasteiger charge is -2.05. The van der Waals surface area contributed by atoms with E-state index in [-0.39, 0.29) is 16.1 Å². The fourth-order valence-corrected chi connectivity index (χ4v) is 2.72. The Morgan fingerprint density at radius 1 is 1.30 bits per heavy atom. The molecule has 0 unspecified atom stereocenters. The minimum absolute atomic E-state index is 0.0584. The fraction of sp³-hybridized carbons (Fsp3) is 0. The summed E-state index contributed by atoms with van der Waals surface area (Å²) in [5, 5.41) is 13.7. The molecule has 0 aliphatic heterocycles. The number of amides is 1. The Bertz CT molecular complexity index is 783. The van der Waals surface area contributed by atoms with E-state index in [1.54, 1.807) is 5.38 Å². The van der Waals surface area contributed by atoms with E-state index in [0.29, 0.717) is 11.3 Å². The number of hydrogen-bond acceptors (Lipinski definition) is 7. The predicted molar refractivity (Wildman–Crippen MR) is 86.5 cm³/mol. The summed E-state index contributed by atoms with van der Waals surface area (Å²) in [6.45, 7) is 0. The summed E-state index contributed by atoms with van der Waals surface area (Å²) in [6, 6.07) is 0. The number of carboxylic acid groups (broad SMARTS) is 1. The Hall–Kier alpha value is -3.20. The van der Waals surface area contributed by atoms with Crippen LogP contribution in [0, 0.1) is 0 Å². The monoisotopic (exact) mass is 331 g/mol. The zero-order chi connectivity index (χ0) is 16.8. The zero-order valence-corrected chi connectivity index (χ0v) is 12.6. The van der Waals surface area contributed by atoms with Crippen molar-refractivity contribution in [3.63, 3.8) is 0 Å². The molecule has 0 fully saturated rings. The summed E-state index contributed by atoms with van der Waals surface area (Å²) >= 11 is 1.07. The molecule has 0 saturated heterocycles. The second kappa shape index (κ2) is 7.18. The highest BCUT2D eigenvalue weighted by atomic mass is 32.1. The van der Waals surface area contributed by atoms with E-state index in [0.717, 1.165) is 23.7 Å². The Morgan fingerprint density at radius 3 is 2.65 bits per heavy atom.